The van der Waals surface area contributed by atoms with Crippen molar-refractivity contribution in [2.45, 2.75) is 0 Å². The molecule has 16 heavy (non-hydrogen) atoms. The van der Waals surface area contributed by atoms with Crippen LogP contribution in [0.4, 0.5) is 5.95 Å². The lowest BCUT2D eigenvalue weighted by Gasteiger charge is -2.24. The van der Waals surface area contributed by atoms with E-state index in [0.717, 1.165) is 0 Å². The molecule has 0 unspecified atom stereocenters. The number of imide groups is 1. The maximum Gasteiger partial charge on any atom is 0.246 e. The Morgan fingerprint density at radius 3 is 2.25 bits per heavy atom. The van der Waals surface area contributed by atoms with Gasteiger partial charge < -0.3 is 4.90 Å². The zero-order valence-electron chi connectivity index (χ0n) is 8.21. The summed E-state index contributed by atoms with van der Waals surface area (Å²) in [4.78, 5) is 41.8. The summed E-state index contributed by atoms with van der Waals surface area (Å²) >= 11 is 0. The van der Waals surface area contributed by atoms with Crippen LogP contribution in [0.3, 0.4) is 0 Å². The van der Waals surface area contributed by atoms with E-state index in [9.17, 15) is 14.4 Å². The number of rotatable bonds is 2. The molecule has 1 saturated heterocycles. The van der Waals surface area contributed by atoms with Crippen LogP contribution in [0.25, 0.3) is 0 Å². The lowest BCUT2D eigenvalue weighted by atomic mass is 10.3. The first-order chi connectivity index (χ1) is 7.69. The summed E-state index contributed by atoms with van der Waals surface area (Å²) in [7, 11) is 0. The monoisotopic (exact) mass is 220 g/mol. The average molecular weight is 220 g/mol. The highest BCUT2D eigenvalue weighted by atomic mass is 16.2. The largest absolute Gasteiger partial charge is 0.322 e. The Hall–Kier alpha value is -2.31. The van der Waals surface area contributed by atoms with Gasteiger partial charge in [-0.3, -0.25) is 19.7 Å². The molecule has 0 radical (unpaired) electrons. The number of aldehydes is 1. The zero-order valence-corrected chi connectivity index (χ0v) is 8.21. The molecule has 1 fully saturated rings. The SMILES string of the molecule is O=Cc1cnc(N2CC(=O)NC(=O)C2)nc1. The van der Waals surface area contributed by atoms with E-state index in [2.05, 4.69) is 15.3 Å². The molecule has 0 bridgehead atoms. The van der Waals surface area contributed by atoms with Crippen molar-refractivity contribution in [3.63, 3.8) is 0 Å². The van der Waals surface area contributed by atoms with E-state index in [-0.39, 0.29) is 30.9 Å². The molecule has 0 aromatic carbocycles. The summed E-state index contributed by atoms with van der Waals surface area (Å²) in [5.41, 5.74) is 0.344. The lowest BCUT2D eigenvalue weighted by molar-refractivity contribution is -0.130. The second-order valence-corrected chi connectivity index (χ2v) is 3.26. The van der Waals surface area contributed by atoms with Crippen molar-refractivity contribution in [3.8, 4) is 0 Å². The number of carbonyl (C=O) groups is 3. The highest BCUT2D eigenvalue weighted by Gasteiger charge is 2.24. The Labute approximate surface area is 90.5 Å². The molecule has 82 valence electrons. The van der Waals surface area contributed by atoms with Gasteiger partial charge in [0.15, 0.2) is 6.29 Å². The third-order valence-electron chi connectivity index (χ3n) is 2.02. The van der Waals surface area contributed by atoms with Gasteiger partial charge in [-0.15, -0.1) is 0 Å². The minimum absolute atomic E-state index is 0.0339. The standard InChI is InChI=1S/C9H8N4O3/c14-5-6-1-10-9(11-2-6)13-3-7(15)12-8(16)4-13/h1-2,5H,3-4H2,(H,12,15,16). The van der Waals surface area contributed by atoms with E-state index in [1.165, 1.54) is 17.3 Å². The molecule has 0 saturated carbocycles. The van der Waals surface area contributed by atoms with Gasteiger partial charge in [0.2, 0.25) is 17.8 Å². The van der Waals surface area contributed by atoms with Crippen LogP contribution in [-0.4, -0.2) is 41.2 Å². The molecule has 2 heterocycles. The van der Waals surface area contributed by atoms with Crippen LogP contribution in [-0.2, 0) is 9.59 Å². The minimum Gasteiger partial charge on any atom is -0.322 e. The maximum atomic E-state index is 11.1. The summed E-state index contributed by atoms with van der Waals surface area (Å²) in [5, 5.41) is 2.17. The predicted molar refractivity (Wildman–Crippen MR) is 52.8 cm³/mol. The second-order valence-electron chi connectivity index (χ2n) is 3.26. The fourth-order valence-corrected chi connectivity index (χ4v) is 1.33. The Kier molecular flexibility index (Phi) is 2.59. The van der Waals surface area contributed by atoms with Crippen LogP contribution in [0.2, 0.25) is 0 Å². The first kappa shape index (κ1) is 10.2. The van der Waals surface area contributed by atoms with Crippen molar-refractivity contribution in [1.82, 2.24) is 15.3 Å². The normalized spacial score (nSPS) is 15.9. The van der Waals surface area contributed by atoms with Gasteiger partial charge in [-0.25, -0.2) is 9.97 Å². The molecule has 7 nitrogen and oxygen atoms in total. The molecule has 7 heteroatoms. The first-order valence-electron chi connectivity index (χ1n) is 4.54. The highest BCUT2D eigenvalue weighted by molar-refractivity contribution is 6.02. The first-order valence-corrected chi connectivity index (χ1v) is 4.54. The van der Waals surface area contributed by atoms with Crippen LogP contribution in [0.15, 0.2) is 12.4 Å². The van der Waals surface area contributed by atoms with E-state index in [4.69, 9.17) is 0 Å². The summed E-state index contributed by atoms with van der Waals surface area (Å²) < 4.78 is 0. The number of hydrogen-bond acceptors (Lipinski definition) is 6. The van der Waals surface area contributed by atoms with Gasteiger partial charge in [0.25, 0.3) is 0 Å². The van der Waals surface area contributed by atoms with E-state index in [1.54, 1.807) is 0 Å². The third-order valence-corrected chi connectivity index (χ3v) is 2.02. The van der Waals surface area contributed by atoms with E-state index in [1.807, 2.05) is 0 Å². The molecule has 0 aliphatic carbocycles. The van der Waals surface area contributed by atoms with Crippen LogP contribution < -0.4 is 10.2 Å². The maximum absolute atomic E-state index is 11.1. The molecule has 1 aromatic heterocycles. The van der Waals surface area contributed by atoms with Crippen LogP contribution >= 0.6 is 0 Å². The van der Waals surface area contributed by atoms with Gasteiger partial charge in [-0.2, -0.15) is 0 Å². The van der Waals surface area contributed by atoms with Gasteiger partial charge >= 0.3 is 0 Å². The van der Waals surface area contributed by atoms with Crippen molar-refractivity contribution in [2.24, 2.45) is 0 Å². The van der Waals surface area contributed by atoms with Crippen molar-refractivity contribution < 1.29 is 14.4 Å². The molecular formula is C9H8N4O3. The predicted octanol–water partition coefficient (Wildman–Crippen LogP) is -1.25. The number of piperazine rings is 1. The molecule has 1 aliphatic rings. The van der Waals surface area contributed by atoms with Crippen LogP contribution in [0.1, 0.15) is 10.4 Å². The fraction of sp³-hybridized carbons (Fsp3) is 0.222. The van der Waals surface area contributed by atoms with Gasteiger partial charge in [0.1, 0.15) is 13.1 Å². The van der Waals surface area contributed by atoms with E-state index < -0.39 is 0 Å². The Bertz CT molecular complexity index is 427. The number of aromatic nitrogens is 2. The van der Waals surface area contributed by atoms with Crippen molar-refractivity contribution in [3.05, 3.63) is 18.0 Å². The average Bonchev–Trinajstić information content (AvgIpc) is 2.28. The highest BCUT2D eigenvalue weighted by Crippen LogP contribution is 2.07. The van der Waals surface area contributed by atoms with Crippen LogP contribution in [0, 0.1) is 0 Å². The van der Waals surface area contributed by atoms with Crippen molar-refractivity contribution in [2.75, 3.05) is 18.0 Å². The van der Waals surface area contributed by atoms with Crippen LogP contribution in [0.5, 0.6) is 0 Å². The van der Waals surface area contributed by atoms with E-state index >= 15 is 0 Å². The molecular weight excluding hydrogens is 212 g/mol. The molecule has 2 amide bonds. The molecule has 1 aromatic rings. The smallest absolute Gasteiger partial charge is 0.246 e. The number of nitrogens with one attached hydrogen (secondary N) is 1. The summed E-state index contributed by atoms with van der Waals surface area (Å²) in [5.74, 6) is -0.521. The molecule has 0 spiro atoms. The number of nitrogens with zero attached hydrogens (tertiary/aromatic N) is 3. The lowest BCUT2D eigenvalue weighted by Crippen LogP contribution is -2.52. The number of carbonyl (C=O) groups excluding carboxylic acids is 3. The van der Waals surface area contributed by atoms with Gasteiger partial charge in [0, 0.05) is 12.4 Å². The molecule has 2 rings (SSSR count). The van der Waals surface area contributed by atoms with E-state index in [0.29, 0.717) is 11.8 Å². The fourth-order valence-electron chi connectivity index (χ4n) is 1.33. The van der Waals surface area contributed by atoms with Gasteiger partial charge in [-0.1, -0.05) is 0 Å². The summed E-state index contributed by atoms with van der Waals surface area (Å²) in [6, 6.07) is 0. The Morgan fingerprint density at radius 1 is 1.19 bits per heavy atom. The van der Waals surface area contributed by atoms with Gasteiger partial charge in [-0.05, 0) is 0 Å². The minimum atomic E-state index is -0.390. The summed E-state index contributed by atoms with van der Waals surface area (Å²) in [6.07, 6.45) is 3.30. The molecule has 1 aliphatic heterocycles. The number of anilines is 1. The molecule has 0 atom stereocenters. The topological polar surface area (TPSA) is 92.3 Å². The number of hydrogen-bond donors (Lipinski definition) is 1. The Morgan fingerprint density at radius 2 is 1.75 bits per heavy atom. The Balaban J connectivity index is 2.19. The third kappa shape index (κ3) is 2.02. The molecule has 1 N–H and O–H groups in total. The second kappa shape index (κ2) is 4.05. The zero-order chi connectivity index (χ0) is 11.5. The summed E-state index contributed by atoms with van der Waals surface area (Å²) in [6.45, 7) is 0.0678. The van der Waals surface area contributed by atoms with Gasteiger partial charge in [0.05, 0.1) is 5.56 Å². The van der Waals surface area contributed by atoms with Crippen molar-refractivity contribution >= 4 is 24.0 Å². The quantitative estimate of drug-likeness (QED) is 0.494. The van der Waals surface area contributed by atoms with Crippen molar-refractivity contribution in [1.29, 1.82) is 0 Å². The number of amides is 2.